The summed E-state index contributed by atoms with van der Waals surface area (Å²) in [7, 11) is 0. The lowest BCUT2D eigenvalue weighted by Crippen LogP contribution is -2.40. The Morgan fingerprint density at radius 1 is 1.47 bits per heavy atom. The molecular weight excluding hydrogens is 309 g/mol. The number of hydrogen-bond donors (Lipinski definition) is 0. The molecule has 106 valence electrons. The van der Waals surface area contributed by atoms with E-state index in [0.29, 0.717) is 11.4 Å². The molecule has 1 aromatic carbocycles. The summed E-state index contributed by atoms with van der Waals surface area (Å²) in [5.74, 6) is -0.172. The molecule has 1 aromatic rings. The van der Waals surface area contributed by atoms with Crippen LogP contribution >= 0.6 is 15.9 Å². The van der Waals surface area contributed by atoms with Crippen LogP contribution in [0.1, 0.15) is 31.7 Å². The first-order valence-electron chi connectivity index (χ1n) is 6.95. The van der Waals surface area contributed by atoms with E-state index in [1.165, 1.54) is 6.07 Å². The SMILES string of the molecule is CCCOC1CCCN(c2ccc(F)cc2CBr)C1. The minimum Gasteiger partial charge on any atom is -0.376 e. The Morgan fingerprint density at radius 3 is 3.05 bits per heavy atom. The van der Waals surface area contributed by atoms with Crippen molar-refractivity contribution in [3.05, 3.63) is 29.6 Å². The lowest BCUT2D eigenvalue weighted by molar-refractivity contribution is 0.0440. The second-order valence-corrected chi connectivity index (χ2v) is 5.55. The van der Waals surface area contributed by atoms with Gasteiger partial charge in [0, 0.05) is 30.7 Å². The minimum atomic E-state index is -0.172. The van der Waals surface area contributed by atoms with Crippen LogP contribution in [-0.4, -0.2) is 25.8 Å². The van der Waals surface area contributed by atoms with Crippen LogP contribution in [0.2, 0.25) is 0 Å². The van der Waals surface area contributed by atoms with Crippen molar-refractivity contribution < 1.29 is 9.13 Å². The maximum Gasteiger partial charge on any atom is 0.123 e. The van der Waals surface area contributed by atoms with Gasteiger partial charge in [-0.1, -0.05) is 22.9 Å². The lowest BCUT2D eigenvalue weighted by Gasteiger charge is -2.35. The molecule has 1 unspecified atom stereocenters. The fourth-order valence-electron chi connectivity index (χ4n) is 2.55. The molecule has 19 heavy (non-hydrogen) atoms. The number of benzene rings is 1. The van der Waals surface area contributed by atoms with Crippen LogP contribution in [0.5, 0.6) is 0 Å². The summed E-state index contributed by atoms with van der Waals surface area (Å²) >= 11 is 3.44. The van der Waals surface area contributed by atoms with Crippen molar-refractivity contribution >= 4 is 21.6 Å². The zero-order valence-electron chi connectivity index (χ0n) is 11.4. The Kier molecular flexibility index (Phi) is 5.64. The van der Waals surface area contributed by atoms with Gasteiger partial charge < -0.3 is 9.64 Å². The smallest absolute Gasteiger partial charge is 0.123 e. The minimum absolute atomic E-state index is 0.172. The third kappa shape index (κ3) is 3.93. The van der Waals surface area contributed by atoms with E-state index in [1.54, 1.807) is 6.07 Å². The summed E-state index contributed by atoms with van der Waals surface area (Å²) < 4.78 is 19.1. The van der Waals surface area contributed by atoms with E-state index in [0.717, 1.165) is 50.2 Å². The third-order valence-electron chi connectivity index (χ3n) is 3.46. The van der Waals surface area contributed by atoms with Crippen molar-refractivity contribution in [1.29, 1.82) is 0 Å². The molecule has 0 aromatic heterocycles. The van der Waals surface area contributed by atoms with Crippen molar-refractivity contribution in [2.24, 2.45) is 0 Å². The van der Waals surface area contributed by atoms with Gasteiger partial charge in [-0.2, -0.15) is 0 Å². The molecule has 1 fully saturated rings. The molecule has 1 saturated heterocycles. The van der Waals surface area contributed by atoms with Gasteiger partial charge in [0.15, 0.2) is 0 Å². The summed E-state index contributed by atoms with van der Waals surface area (Å²) in [6.07, 6.45) is 3.62. The highest BCUT2D eigenvalue weighted by Crippen LogP contribution is 2.27. The normalized spacial score (nSPS) is 19.7. The number of piperidine rings is 1. The van der Waals surface area contributed by atoms with Gasteiger partial charge in [-0.25, -0.2) is 4.39 Å². The Hall–Kier alpha value is -0.610. The van der Waals surface area contributed by atoms with Crippen LogP contribution < -0.4 is 4.90 Å². The Bertz CT molecular complexity index is 413. The molecule has 0 aliphatic carbocycles. The molecule has 0 bridgehead atoms. The molecule has 1 heterocycles. The second kappa shape index (κ2) is 7.25. The highest BCUT2D eigenvalue weighted by molar-refractivity contribution is 9.08. The number of halogens is 2. The van der Waals surface area contributed by atoms with E-state index >= 15 is 0 Å². The largest absolute Gasteiger partial charge is 0.376 e. The van der Waals surface area contributed by atoms with E-state index in [-0.39, 0.29) is 5.82 Å². The summed E-state index contributed by atoms with van der Waals surface area (Å²) in [5, 5.41) is 0.678. The molecule has 1 atom stereocenters. The molecular formula is C15H21BrFNO. The first-order valence-corrected chi connectivity index (χ1v) is 8.07. The summed E-state index contributed by atoms with van der Waals surface area (Å²) in [6, 6.07) is 5.03. The fraction of sp³-hybridized carbons (Fsp3) is 0.600. The third-order valence-corrected chi connectivity index (χ3v) is 4.07. The van der Waals surface area contributed by atoms with Gasteiger partial charge in [0.25, 0.3) is 0 Å². The van der Waals surface area contributed by atoms with Crippen LogP contribution in [0.4, 0.5) is 10.1 Å². The van der Waals surface area contributed by atoms with E-state index in [9.17, 15) is 4.39 Å². The molecule has 2 nitrogen and oxygen atoms in total. The number of ether oxygens (including phenoxy) is 1. The zero-order chi connectivity index (χ0) is 13.7. The molecule has 0 radical (unpaired) electrons. The number of rotatable bonds is 5. The van der Waals surface area contributed by atoms with Crippen molar-refractivity contribution in [1.82, 2.24) is 0 Å². The fourth-order valence-corrected chi connectivity index (χ4v) is 3.00. The van der Waals surface area contributed by atoms with Crippen molar-refractivity contribution in [3.63, 3.8) is 0 Å². The predicted molar refractivity (Wildman–Crippen MR) is 80.5 cm³/mol. The molecule has 0 amide bonds. The van der Waals surface area contributed by atoms with E-state index in [4.69, 9.17) is 4.74 Å². The molecule has 4 heteroatoms. The van der Waals surface area contributed by atoms with Gasteiger partial charge in [0.2, 0.25) is 0 Å². The number of anilines is 1. The Labute approximate surface area is 123 Å². The quantitative estimate of drug-likeness (QED) is 0.753. The Morgan fingerprint density at radius 2 is 2.32 bits per heavy atom. The average molecular weight is 330 g/mol. The van der Waals surface area contributed by atoms with E-state index in [2.05, 4.69) is 27.8 Å². The summed E-state index contributed by atoms with van der Waals surface area (Å²) in [6.45, 7) is 4.89. The number of alkyl halides is 1. The van der Waals surface area contributed by atoms with Crippen LogP contribution in [0.25, 0.3) is 0 Å². The van der Waals surface area contributed by atoms with Crippen LogP contribution in [0.3, 0.4) is 0 Å². The molecule has 1 aliphatic rings. The predicted octanol–water partition coefficient (Wildman–Crippen LogP) is 4.12. The highest BCUT2D eigenvalue weighted by Gasteiger charge is 2.22. The van der Waals surface area contributed by atoms with E-state index in [1.807, 2.05) is 6.07 Å². The van der Waals surface area contributed by atoms with Gasteiger partial charge in [-0.15, -0.1) is 0 Å². The van der Waals surface area contributed by atoms with Crippen molar-refractivity contribution in [2.75, 3.05) is 24.6 Å². The van der Waals surface area contributed by atoms with Crippen molar-refractivity contribution in [2.45, 2.75) is 37.6 Å². The average Bonchev–Trinajstić information content (AvgIpc) is 2.45. The van der Waals surface area contributed by atoms with Crippen LogP contribution in [0, 0.1) is 5.82 Å². The van der Waals surface area contributed by atoms with Crippen LogP contribution in [0.15, 0.2) is 18.2 Å². The van der Waals surface area contributed by atoms with Gasteiger partial charge in [-0.3, -0.25) is 0 Å². The highest BCUT2D eigenvalue weighted by atomic mass is 79.9. The topological polar surface area (TPSA) is 12.5 Å². The first kappa shape index (κ1) is 14.8. The molecule has 1 aliphatic heterocycles. The van der Waals surface area contributed by atoms with Crippen molar-refractivity contribution in [3.8, 4) is 0 Å². The van der Waals surface area contributed by atoms with Gasteiger partial charge in [0.05, 0.1) is 6.10 Å². The molecule has 0 spiro atoms. The number of hydrogen-bond acceptors (Lipinski definition) is 2. The standard InChI is InChI=1S/C15H21BrFNO/c1-2-8-19-14-4-3-7-18(11-14)15-6-5-13(17)9-12(15)10-16/h5-6,9,14H,2-4,7-8,10-11H2,1H3. The molecule has 2 rings (SSSR count). The maximum absolute atomic E-state index is 13.3. The van der Waals surface area contributed by atoms with E-state index < -0.39 is 0 Å². The Balaban J connectivity index is 2.08. The number of nitrogens with zero attached hydrogens (tertiary/aromatic N) is 1. The monoisotopic (exact) mass is 329 g/mol. The maximum atomic E-state index is 13.3. The summed E-state index contributed by atoms with van der Waals surface area (Å²) in [5.41, 5.74) is 2.14. The van der Waals surface area contributed by atoms with Gasteiger partial charge >= 0.3 is 0 Å². The molecule has 0 N–H and O–H groups in total. The summed E-state index contributed by atoms with van der Waals surface area (Å²) in [4.78, 5) is 2.32. The van der Waals surface area contributed by atoms with Gasteiger partial charge in [0.1, 0.15) is 5.82 Å². The molecule has 0 saturated carbocycles. The van der Waals surface area contributed by atoms with Crippen LogP contribution in [-0.2, 0) is 10.1 Å². The lowest BCUT2D eigenvalue weighted by atomic mass is 10.1. The van der Waals surface area contributed by atoms with Gasteiger partial charge in [-0.05, 0) is 43.0 Å². The zero-order valence-corrected chi connectivity index (χ0v) is 13.0. The first-order chi connectivity index (χ1) is 9.24. The second-order valence-electron chi connectivity index (χ2n) is 4.99.